The molecule has 19 heavy (non-hydrogen) atoms. The number of amides is 1. The Bertz CT molecular complexity index is 447. The lowest BCUT2D eigenvalue weighted by Gasteiger charge is -2.21. The van der Waals surface area contributed by atoms with Gasteiger partial charge in [-0.05, 0) is 52.7 Å². The maximum atomic E-state index is 11.8. The fourth-order valence-electron chi connectivity index (χ4n) is 1.95. The smallest absolute Gasteiger partial charge is 0.246 e. The molecular formula is C16H25NO2. The van der Waals surface area contributed by atoms with Crippen LogP contribution in [0.2, 0.25) is 0 Å². The number of carbonyl (C=O) groups is 1. The third-order valence-corrected chi connectivity index (χ3v) is 2.91. The summed E-state index contributed by atoms with van der Waals surface area (Å²) < 4.78 is 5.47. The second-order valence-electron chi connectivity index (χ2n) is 6.05. The molecule has 0 saturated carbocycles. The van der Waals surface area contributed by atoms with Gasteiger partial charge in [-0.15, -0.1) is 0 Å². The van der Waals surface area contributed by atoms with E-state index in [9.17, 15) is 4.79 Å². The lowest BCUT2D eigenvalue weighted by Crippen LogP contribution is -2.33. The monoisotopic (exact) mass is 263 g/mol. The lowest BCUT2D eigenvalue weighted by atomic mass is 10.0. The molecule has 3 heteroatoms. The lowest BCUT2D eigenvalue weighted by molar-refractivity contribution is -0.131. The quantitative estimate of drug-likeness (QED) is 0.905. The van der Waals surface area contributed by atoms with Gasteiger partial charge in [-0.1, -0.05) is 23.8 Å². The van der Waals surface area contributed by atoms with Crippen molar-refractivity contribution >= 4 is 5.91 Å². The molecule has 0 aliphatic rings. The predicted molar refractivity (Wildman–Crippen MR) is 78.2 cm³/mol. The van der Waals surface area contributed by atoms with Crippen molar-refractivity contribution in [1.82, 2.24) is 5.32 Å². The molecule has 0 bridgehead atoms. The first kappa shape index (κ1) is 15.7. The third-order valence-electron chi connectivity index (χ3n) is 2.91. The van der Waals surface area contributed by atoms with Crippen molar-refractivity contribution in [2.75, 3.05) is 6.61 Å². The molecule has 3 nitrogen and oxygen atoms in total. The van der Waals surface area contributed by atoms with Gasteiger partial charge in [0.25, 0.3) is 0 Å². The van der Waals surface area contributed by atoms with Gasteiger partial charge in [0, 0.05) is 0 Å². The fourth-order valence-corrected chi connectivity index (χ4v) is 1.95. The van der Waals surface area contributed by atoms with Crippen molar-refractivity contribution in [2.24, 2.45) is 0 Å². The predicted octanol–water partition coefficient (Wildman–Crippen LogP) is 3.30. The van der Waals surface area contributed by atoms with E-state index >= 15 is 0 Å². The summed E-state index contributed by atoms with van der Waals surface area (Å²) in [4.78, 5) is 11.8. The molecule has 0 aromatic heterocycles. The standard InChI is InChI=1S/C16H25NO2/c1-11-7-8-14(12(2)9-11)13(3)17-15(18)10-19-16(4,5)6/h7-9,13H,10H2,1-6H3,(H,17,18). The van der Waals surface area contributed by atoms with Crippen LogP contribution in [0.4, 0.5) is 0 Å². The zero-order valence-corrected chi connectivity index (χ0v) is 12.8. The number of ether oxygens (including phenoxy) is 1. The summed E-state index contributed by atoms with van der Waals surface area (Å²) in [5.41, 5.74) is 3.29. The van der Waals surface area contributed by atoms with Gasteiger partial charge in [0.2, 0.25) is 5.91 Å². The van der Waals surface area contributed by atoms with E-state index in [4.69, 9.17) is 4.74 Å². The number of aryl methyl sites for hydroxylation is 2. The first-order valence-corrected chi connectivity index (χ1v) is 6.69. The van der Waals surface area contributed by atoms with Gasteiger partial charge in [0.05, 0.1) is 11.6 Å². The summed E-state index contributed by atoms with van der Waals surface area (Å²) in [6.45, 7) is 12.0. The van der Waals surface area contributed by atoms with Crippen molar-refractivity contribution in [3.63, 3.8) is 0 Å². The van der Waals surface area contributed by atoms with Crippen LogP contribution in [-0.4, -0.2) is 18.1 Å². The normalized spacial score (nSPS) is 13.2. The van der Waals surface area contributed by atoms with Crippen LogP contribution < -0.4 is 5.32 Å². The third kappa shape index (κ3) is 5.43. The fraction of sp³-hybridized carbons (Fsp3) is 0.562. The number of hydrogen-bond donors (Lipinski definition) is 1. The van der Waals surface area contributed by atoms with Crippen LogP contribution in [0.25, 0.3) is 0 Å². The molecule has 0 heterocycles. The maximum absolute atomic E-state index is 11.8. The minimum absolute atomic E-state index is 0.00308. The Hall–Kier alpha value is -1.35. The molecule has 0 saturated heterocycles. The summed E-state index contributed by atoms with van der Waals surface area (Å²) in [5.74, 6) is -0.0811. The highest BCUT2D eigenvalue weighted by atomic mass is 16.5. The van der Waals surface area contributed by atoms with Gasteiger partial charge >= 0.3 is 0 Å². The minimum Gasteiger partial charge on any atom is -0.366 e. The molecule has 0 aliphatic heterocycles. The van der Waals surface area contributed by atoms with Crippen molar-refractivity contribution in [3.05, 3.63) is 34.9 Å². The van der Waals surface area contributed by atoms with Gasteiger partial charge in [0.15, 0.2) is 0 Å². The Balaban J connectivity index is 2.59. The van der Waals surface area contributed by atoms with E-state index in [1.165, 1.54) is 11.1 Å². The largest absolute Gasteiger partial charge is 0.366 e. The van der Waals surface area contributed by atoms with E-state index in [2.05, 4.69) is 37.4 Å². The molecule has 1 atom stereocenters. The number of rotatable bonds is 4. The van der Waals surface area contributed by atoms with Gasteiger partial charge < -0.3 is 10.1 Å². The average molecular weight is 263 g/mol. The van der Waals surface area contributed by atoms with Crippen LogP contribution in [0.5, 0.6) is 0 Å². The van der Waals surface area contributed by atoms with Crippen molar-refractivity contribution in [3.8, 4) is 0 Å². The SMILES string of the molecule is Cc1ccc(C(C)NC(=O)COC(C)(C)C)c(C)c1. The van der Waals surface area contributed by atoms with Crippen LogP contribution in [0.15, 0.2) is 18.2 Å². The average Bonchev–Trinajstić information content (AvgIpc) is 2.25. The zero-order chi connectivity index (χ0) is 14.6. The molecule has 0 aliphatic carbocycles. The molecule has 1 N–H and O–H groups in total. The van der Waals surface area contributed by atoms with Crippen LogP contribution in [-0.2, 0) is 9.53 Å². The van der Waals surface area contributed by atoms with Gasteiger partial charge in [-0.2, -0.15) is 0 Å². The molecule has 0 radical (unpaired) electrons. The highest BCUT2D eigenvalue weighted by Crippen LogP contribution is 2.18. The highest BCUT2D eigenvalue weighted by Gasteiger charge is 2.15. The Morgan fingerprint density at radius 3 is 2.47 bits per heavy atom. The molecular weight excluding hydrogens is 238 g/mol. The Morgan fingerprint density at radius 1 is 1.32 bits per heavy atom. The Morgan fingerprint density at radius 2 is 1.95 bits per heavy atom. The van der Waals surface area contributed by atoms with E-state index in [-0.39, 0.29) is 24.2 Å². The van der Waals surface area contributed by atoms with E-state index in [1.807, 2.05) is 27.7 Å². The first-order valence-electron chi connectivity index (χ1n) is 6.69. The summed E-state index contributed by atoms with van der Waals surface area (Å²) in [6.07, 6.45) is 0. The van der Waals surface area contributed by atoms with E-state index in [1.54, 1.807) is 0 Å². The van der Waals surface area contributed by atoms with Crippen molar-refractivity contribution < 1.29 is 9.53 Å². The first-order chi connectivity index (χ1) is 8.69. The number of hydrogen-bond acceptors (Lipinski definition) is 2. The van der Waals surface area contributed by atoms with Gasteiger partial charge in [0.1, 0.15) is 6.61 Å². The van der Waals surface area contributed by atoms with Crippen LogP contribution in [0.3, 0.4) is 0 Å². The Labute approximate surface area is 116 Å². The van der Waals surface area contributed by atoms with Crippen LogP contribution in [0.1, 0.15) is 50.4 Å². The topological polar surface area (TPSA) is 38.3 Å². The summed E-state index contributed by atoms with van der Waals surface area (Å²) in [5, 5.41) is 2.97. The molecule has 1 amide bonds. The zero-order valence-electron chi connectivity index (χ0n) is 12.8. The summed E-state index contributed by atoms with van der Waals surface area (Å²) >= 11 is 0. The van der Waals surface area contributed by atoms with E-state index in [0.29, 0.717) is 0 Å². The van der Waals surface area contributed by atoms with Crippen LogP contribution >= 0.6 is 0 Å². The molecule has 1 unspecified atom stereocenters. The molecule has 106 valence electrons. The van der Waals surface area contributed by atoms with Crippen LogP contribution in [0, 0.1) is 13.8 Å². The van der Waals surface area contributed by atoms with Crippen molar-refractivity contribution in [2.45, 2.75) is 53.2 Å². The second kappa shape index (κ2) is 6.20. The molecule has 0 fully saturated rings. The van der Waals surface area contributed by atoms with E-state index < -0.39 is 0 Å². The van der Waals surface area contributed by atoms with Gasteiger partial charge in [-0.3, -0.25) is 4.79 Å². The number of carbonyl (C=O) groups excluding carboxylic acids is 1. The summed E-state index contributed by atoms with van der Waals surface area (Å²) in [6, 6.07) is 6.26. The molecule has 0 spiro atoms. The Kier molecular flexibility index (Phi) is 5.12. The second-order valence-corrected chi connectivity index (χ2v) is 6.05. The highest BCUT2D eigenvalue weighted by molar-refractivity contribution is 5.77. The molecule has 1 rings (SSSR count). The summed E-state index contributed by atoms with van der Waals surface area (Å²) in [7, 11) is 0. The van der Waals surface area contributed by atoms with E-state index in [0.717, 1.165) is 5.56 Å². The molecule has 1 aromatic carbocycles. The number of nitrogens with one attached hydrogen (secondary N) is 1. The van der Waals surface area contributed by atoms with Gasteiger partial charge in [-0.25, -0.2) is 0 Å². The van der Waals surface area contributed by atoms with Crippen molar-refractivity contribution in [1.29, 1.82) is 0 Å². The minimum atomic E-state index is -0.291. The molecule has 1 aromatic rings. The maximum Gasteiger partial charge on any atom is 0.246 e. The number of benzene rings is 1.